The van der Waals surface area contributed by atoms with Gasteiger partial charge in [-0.1, -0.05) is 108 Å². The lowest BCUT2D eigenvalue weighted by molar-refractivity contribution is -0.149. The summed E-state index contributed by atoms with van der Waals surface area (Å²) in [5.41, 5.74) is 14.3. The number of hydrogen-bond donors (Lipinski definition) is 15. The van der Waals surface area contributed by atoms with Gasteiger partial charge in [0.25, 0.3) is 0 Å². The topological polar surface area (TPSA) is 552 Å². The fourth-order valence-electron chi connectivity index (χ4n) is 16.4. The molecule has 14 atom stereocenters. The van der Waals surface area contributed by atoms with E-state index in [1.807, 2.05) is 64.1 Å². The summed E-state index contributed by atoms with van der Waals surface area (Å²) in [6.07, 6.45) is 10.9. The van der Waals surface area contributed by atoms with Gasteiger partial charge in [-0.2, -0.15) is 0 Å². The first-order chi connectivity index (χ1) is 62.6. The molecule has 7 heterocycles. The summed E-state index contributed by atoms with van der Waals surface area (Å²) in [6, 6.07) is -0.825. The van der Waals surface area contributed by atoms with Crippen LogP contribution in [0.25, 0.3) is 21.8 Å². The number of likely N-dealkylation sites (N-methyl/N-ethyl adjacent to an activating group) is 3. The molecule has 0 saturated carbocycles. The molecule has 0 unspecified atom stereocenters. The van der Waals surface area contributed by atoms with E-state index in [-0.39, 0.29) is 102 Å². The highest BCUT2D eigenvalue weighted by Crippen LogP contribution is 2.28. The number of nitrogens with zero attached hydrogens (tertiary/aromatic N) is 7. The number of rotatable bonds is 25. The van der Waals surface area contributed by atoms with Crippen LogP contribution in [-0.2, 0) is 107 Å². The second kappa shape index (κ2) is 48.9. The van der Waals surface area contributed by atoms with Crippen LogP contribution in [0.3, 0.4) is 0 Å². The molecule has 17 amide bonds. The lowest BCUT2D eigenvalue weighted by Gasteiger charge is -2.36. The van der Waals surface area contributed by atoms with Crippen molar-refractivity contribution < 1.29 is 81.5 Å². The number of nitrogens with one attached hydrogen (secondary N) is 13. The van der Waals surface area contributed by atoms with Crippen LogP contribution in [0.5, 0.6) is 0 Å². The van der Waals surface area contributed by atoms with Gasteiger partial charge in [-0.05, 0) is 106 Å². The zero-order chi connectivity index (χ0) is 95.3. The Morgan fingerprint density at radius 2 is 0.992 bits per heavy atom. The minimum Gasteiger partial charge on any atom is -0.370 e. The normalized spacial score (nSPS) is 24.6. The van der Waals surface area contributed by atoms with Gasteiger partial charge in [0.1, 0.15) is 84.6 Å². The number of carbonyl (C=O) groups is 17. The van der Waals surface area contributed by atoms with E-state index in [1.54, 1.807) is 42.7 Å². The summed E-state index contributed by atoms with van der Waals surface area (Å²) in [5.74, 6) is -15.7. The summed E-state index contributed by atoms with van der Waals surface area (Å²) in [5, 5.41) is 28.6. The predicted molar refractivity (Wildman–Crippen MR) is 488 cm³/mol. The Bertz CT molecular complexity index is 5080. The van der Waals surface area contributed by atoms with Gasteiger partial charge in [0.2, 0.25) is 100 Å². The van der Waals surface area contributed by atoms with E-state index in [1.165, 1.54) is 73.6 Å². The van der Waals surface area contributed by atoms with E-state index in [0.29, 0.717) is 76.4 Å². The number of benzene rings is 2. The summed E-state index contributed by atoms with van der Waals surface area (Å²) in [6.45, 7) is 15.7. The third-order valence-corrected chi connectivity index (χ3v) is 24.7. The molecule has 3 fully saturated rings. The van der Waals surface area contributed by atoms with Crippen LogP contribution >= 0.6 is 11.8 Å². The molecule has 3 aliphatic rings. The van der Waals surface area contributed by atoms with Gasteiger partial charge >= 0.3 is 0 Å². The van der Waals surface area contributed by atoms with Crippen molar-refractivity contribution in [2.45, 2.75) is 235 Å². The Morgan fingerprint density at radius 1 is 0.511 bits per heavy atom. The van der Waals surface area contributed by atoms with Gasteiger partial charge in [-0.25, -0.2) is 4.98 Å². The van der Waals surface area contributed by atoms with E-state index >= 15 is 38.4 Å². The molecule has 9 rings (SSSR count). The van der Waals surface area contributed by atoms with E-state index in [2.05, 4.69) is 91.2 Å². The Balaban J connectivity index is 1.09. The van der Waals surface area contributed by atoms with Crippen molar-refractivity contribution >= 4 is 134 Å². The summed E-state index contributed by atoms with van der Waals surface area (Å²) >= 11 is 0.805. The van der Waals surface area contributed by atoms with Gasteiger partial charge in [0.15, 0.2) is 0 Å². The molecule has 0 spiro atoms. The van der Waals surface area contributed by atoms with Gasteiger partial charge in [-0.3, -0.25) is 86.5 Å². The number of unbranched alkanes of at least 4 members (excludes halogenated alkanes) is 2. The van der Waals surface area contributed by atoms with Crippen LogP contribution in [0.1, 0.15) is 147 Å². The molecule has 17 N–H and O–H groups in total. The van der Waals surface area contributed by atoms with E-state index in [4.69, 9.17) is 11.5 Å². The molecule has 40 heteroatoms. The average Bonchev–Trinajstić information content (AvgIpc) is 1.65. The standard InChI is InChI=1S/C91H124N22O17S/c1-11-15-32-71-84(123)102-63(26-14-4)81(120)108-70(79(118)98-48-76(93)115)49-131-50-77(116)100-68(42-56-27-21-22-36-95-56)87(126)109(8)53(7)78(117)105-69(44-75(92)114)90(129)113-38-24-35-73(113)86(125)104-65(43-57-47-94-51-99-57)83(122)106-66(39-52(5)6)89(128)112-37-23-34-72(112)85(124)103-64(40-54-45-96-60-30-19-17-28-58(54)60)82(121)101-62(25-13-3)80(119)107-67(41-55-46-97-61-31-20-18-29-59(55)61)88(127)111(10)74(33-16-12-2)91(130)110(71)9/h13-14,17-22,27-31,36,45-47,51-53,62-74,96-97H,3-4,11-12,15-16,23-26,32-35,37-44,48-50H2,1-2,5-10H3,(H2,92,114)(H2,93,115)(H,94,99)(H,98,118)(H,100,116)(H,101,121)(H,102,123)(H,103,124)(H,104,125)(H,105,117)(H,106,122)(H,107,119)(H,108,120)/t53-,62-,63-,64-,65-,66-,67-,68-,69-,70-,71-,72-,73-,74-/m0/s1. The minimum absolute atomic E-state index is 0.0191. The molecule has 0 bridgehead atoms. The number of fused-ring (bicyclic) bond motifs is 4. The summed E-state index contributed by atoms with van der Waals surface area (Å²) in [4.78, 5) is 274. The van der Waals surface area contributed by atoms with Crippen LogP contribution in [0.15, 0.2) is 123 Å². The molecule has 706 valence electrons. The fraction of sp³-hybridized carbons (Fsp3) is 0.505. The molecule has 131 heavy (non-hydrogen) atoms. The molecule has 4 aromatic heterocycles. The highest BCUT2D eigenvalue weighted by atomic mass is 32.2. The number of primary amides is 2. The van der Waals surface area contributed by atoms with Gasteiger partial charge in [-0.15, -0.1) is 24.9 Å². The van der Waals surface area contributed by atoms with Crippen molar-refractivity contribution in [3.8, 4) is 0 Å². The molecular weight excluding hydrogens is 1710 g/mol. The number of H-pyrrole nitrogens is 3. The largest absolute Gasteiger partial charge is 0.370 e. The minimum atomic E-state index is -1.73. The second-order valence-corrected chi connectivity index (χ2v) is 34.8. The number of nitrogens with two attached hydrogens (primary N) is 2. The maximum absolute atomic E-state index is 15.8. The van der Waals surface area contributed by atoms with Crippen molar-refractivity contribution in [3.63, 3.8) is 0 Å². The Hall–Kier alpha value is -13.3. The first kappa shape index (κ1) is 101. The van der Waals surface area contributed by atoms with Gasteiger partial charge < -0.3 is 104 Å². The number of para-hydroxylation sites is 2. The van der Waals surface area contributed by atoms with Crippen LogP contribution < -0.4 is 64.6 Å². The first-order valence-corrected chi connectivity index (χ1v) is 45.6. The lowest BCUT2D eigenvalue weighted by Crippen LogP contribution is -2.61. The quantitative estimate of drug-likeness (QED) is 0.0351. The molecule has 0 radical (unpaired) electrons. The zero-order valence-corrected chi connectivity index (χ0v) is 76.2. The highest BCUT2D eigenvalue weighted by molar-refractivity contribution is 8.00. The number of hydrogen-bond acceptors (Lipinski definition) is 20. The second-order valence-electron chi connectivity index (χ2n) is 33.8. The van der Waals surface area contributed by atoms with Crippen LogP contribution in [0, 0.1) is 5.92 Å². The number of carbonyl (C=O) groups excluding carboxylic acids is 17. The van der Waals surface area contributed by atoms with Crippen molar-refractivity contribution in [2.75, 3.05) is 52.3 Å². The van der Waals surface area contributed by atoms with E-state index in [9.17, 15) is 43.2 Å². The number of thioether (sulfide) groups is 1. The van der Waals surface area contributed by atoms with Crippen LogP contribution in [0.2, 0.25) is 0 Å². The molecule has 6 aromatic rings. The average molecular weight is 1830 g/mol. The van der Waals surface area contributed by atoms with Crippen LogP contribution in [0.4, 0.5) is 0 Å². The van der Waals surface area contributed by atoms with Crippen molar-refractivity contribution in [3.05, 3.63) is 146 Å². The monoisotopic (exact) mass is 1830 g/mol. The van der Waals surface area contributed by atoms with Crippen molar-refractivity contribution in [2.24, 2.45) is 17.4 Å². The molecule has 39 nitrogen and oxygen atoms in total. The van der Waals surface area contributed by atoms with Gasteiger partial charge in [0.05, 0.1) is 30.7 Å². The number of aromatic amines is 3. The molecular formula is C91H124N22O17S. The molecule has 0 aliphatic carbocycles. The van der Waals surface area contributed by atoms with Gasteiger partial charge in [0, 0.05) is 118 Å². The summed E-state index contributed by atoms with van der Waals surface area (Å²) in [7, 11) is 4.05. The summed E-state index contributed by atoms with van der Waals surface area (Å²) < 4.78 is 0. The number of imidazole rings is 1. The van der Waals surface area contributed by atoms with Crippen molar-refractivity contribution in [1.82, 2.24) is 103 Å². The predicted octanol–water partition coefficient (Wildman–Crippen LogP) is 0.686. The SMILES string of the molecule is C=CC[C@@H]1NC(=O)[C@H](Cc2c[nH]c3ccccc23)NC(=O)[C@@H]2CCCN2C(=O)[C@H](CC(C)C)NC(=O)[C@H](Cc2c[nH]cn2)NC(=O)[C@@H]2CCCN2C(=O)[C@H](CC(N)=O)NC(=O)[C@H](C)N(C)C(=O)[C@H](Cc2ccccn2)NC(=O)CSC[C@@H](C(=O)NCC(N)=O)NC(=O)[C@H](CC=C)NC(=O)[C@H](CCCC)N(C)C(=O)[C@H](CCCC)N(C)C(=O)[C@H](Cc2c[nH]c3ccccc23)NC1=O. The molecule has 3 aliphatic heterocycles. The van der Waals surface area contributed by atoms with Crippen molar-refractivity contribution in [1.29, 1.82) is 0 Å². The molecule has 2 aromatic carbocycles. The zero-order valence-electron chi connectivity index (χ0n) is 75.4. The maximum atomic E-state index is 15.8. The number of amides is 17. The third kappa shape index (κ3) is 27.9. The first-order valence-electron chi connectivity index (χ1n) is 44.4. The lowest BCUT2D eigenvalue weighted by atomic mass is 9.99. The van der Waals surface area contributed by atoms with E-state index in [0.717, 1.165) is 21.6 Å². The maximum Gasteiger partial charge on any atom is 0.246 e. The Kier molecular flexibility index (Phi) is 37.9. The Labute approximate surface area is 764 Å². The fourth-order valence-corrected chi connectivity index (χ4v) is 17.3. The van der Waals surface area contributed by atoms with Crippen LogP contribution in [-0.4, -0.2) is 287 Å². The highest BCUT2D eigenvalue weighted by Gasteiger charge is 2.46. The van der Waals surface area contributed by atoms with E-state index < -0.39 is 204 Å². The third-order valence-electron chi connectivity index (χ3n) is 23.7. The Morgan fingerprint density at radius 3 is 1.53 bits per heavy atom. The molecule has 3 saturated heterocycles. The smallest absolute Gasteiger partial charge is 0.246 e. The number of aromatic nitrogens is 5. The number of pyridine rings is 1.